The molecule has 0 bridgehead atoms. The van der Waals surface area contributed by atoms with E-state index in [-0.39, 0.29) is 5.69 Å². The molecule has 2 aromatic rings. The second-order valence-electron chi connectivity index (χ2n) is 4.58. The number of carbonyl (C=O) groups is 1. The number of anilines is 1. The Hall–Kier alpha value is -2.50. The molecule has 0 unspecified atom stereocenters. The van der Waals surface area contributed by atoms with Gasteiger partial charge in [0.15, 0.2) is 0 Å². The zero-order valence-corrected chi connectivity index (χ0v) is 11.5. The Morgan fingerprint density at radius 3 is 2.62 bits per heavy atom. The quantitative estimate of drug-likeness (QED) is 0.941. The van der Waals surface area contributed by atoms with Crippen LogP contribution in [0.2, 0.25) is 0 Å². The van der Waals surface area contributed by atoms with E-state index in [4.69, 9.17) is 0 Å². The summed E-state index contributed by atoms with van der Waals surface area (Å²) in [5, 5.41) is 2.41. The normalized spacial score (nSPS) is 10.2. The van der Waals surface area contributed by atoms with Gasteiger partial charge in [0, 0.05) is 32.1 Å². The maximum absolute atomic E-state index is 13.4. The molecule has 1 aromatic heterocycles. The summed E-state index contributed by atoms with van der Waals surface area (Å²) in [6.45, 7) is 0.471. The van der Waals surface area contributed by atoms with Crippen molar-refractivity contribution < 1.29 is 13.6 Å². The lowest BCUT2D eigenvalue weighted by Crippen LogP contribution is -2.33. The molecule has 1 aromatic carbocycles. The lowest BCUT2D eigenvalue weighted by Gasteiger charge is -2.18. The van der Waals surface area contributed by atoms with Crippen LogP contribution < -0.4 is 5.32 Å². The Kier molecular flexibility index (Phi) is 4.81. The fraction of sp³-hybridized carbons (Fsp3) is 0.200. The van der Waals surface area contributed by atoms with Crippen molar-refractivity contribution in [1.29, 1.82) is 0 Å². The number of carbonyl (C=O) groups excluding carboxylic acids is 1. The first-order valence-corrected chi connectivity index (χ1v) is 6.42. The standard InChI is InChI=1S/C15H15F2N3O/c1-20(9-6-11-4-7-18-8-5-11)15(21)19-14-3-2-12(16)10-13(14)17/h2-5,7-8,10H,6,9H2,1H3,(H,19,21). The molecule has 4 nitrogen and oxygen atoms in total. The molecule has 2 amide bonds. The van der Waals surface area contributed by atoms with Crippen LogP contribution in [0.25, 0.3) is 0 Å². The van der Waals surface area contributed by atoms with Gasteiger partial charge in [0.25, 0.3) is 0 Å². The highest BCUT2D eigenvalue weighted by molar-refractivity contribution is 5.89. The van der Waals surface area contributed by atoms with Crippen LogP contribution in [0.1, 0.15) is 5.56 Å². The highest BCUT2D eigenvalue weighted by atomic mass is 19.1. The topological polar surface area (TPSA) is 45.2 Å². The maximum atomic E-state index is 13.4. The van der Waals surface area contributed by atoms with Crippen molar-refractivity contribution in [3.05, 3.63) is 59.9 Å². The van der Waals surface area contributed by atoms with Gasteiger partial charge in [0.2, 0.25) is 0 Å². The molecule has 0 aliphatic heterocycles. The summed E-state index contributed by atoms with van der Waals surface area (Å²) >= 11 is 0. The SMILES string of the molecule is CN(CCc1ccncc1)C(=O)Nc1ccc(F)cc1F. The molecule has 0 spiro atoms. The Balaban J connectivity index is 1.90. The number of amides is 2. The van der Waals surface area contributed by atoms with Crippen molar-refractivity contribution in [3.8, 4) is 0 Å². The average molecular weight is 291 g/mol. The zero-order chi connectivity index (χ0) is 15.2. The van der Waals surface area contributed by atoms with E-state index in [0.29, 0.717) is 13.0 Å². The molecule has 0 radical (unpaired) electrons. The van der Waals surface area contributed by atoms with Gasteiger partial charge in [-0.25, -0.2) is 13.6 Å². The van der Waals surface area contributed by atoms with Gasteiger partial charge in [-0.05, 0) is 36.2 Å². The van der Waals surface area contributed by atoms with Gasteiger partial charge in [-0.1, -0.05) is 0 Å². The summed E-state index contributed by atoms with van der Waals surface area (Å²) < 4.78 is 26.2. The number of hydrogen-bond donors (Lipinski definition) is 1. The lowest BCUT2D eigenvalue weighted by molar-refractivity contribution is 0.223. The van der Waals surface area contributed by atoms with Crippen molar-refractivity contribution in [1.82, 2.24) is 9.88 Å². The number of pyridine rings is 1. The largest absolute Gasteiger partial charge is 0.327 e. The molecule has 0 aliphatic rings. The third-order valence-corrected chi connectivity index (χ3v) is 3.00. The Morgan fingerprint density at radius 2 is 1.95 bits per heavy atom. The minimum absolute atomic E-state index is 0.0443. The molecule has 6 heteroatoms. The third-order valence-electron chi connectivity index (χ3n) is 3.00. The minimum Gasteiger partial charge on any atom is -0.327 e. The van der Waals surface area contributed by atoms with Crippen LogP contribution in [0, 0.1) is 11.6 Å². The number of likely N-dealkylation sites (N-methyl/N-ethyl adjacent to an activating group) is 1. The van der Waals surface area contributed by atoms with Gasteiger partial charge in [0.05, 0.1) is 5.69 Å². The molecular formula is C15H15F2N3O. The molecule has 110 valence electrons. The Bertz CT molecular complexity index is 620. The Labute approximate surface area is 121 Å². The molecule has 0 fully saturated rings. The predicted octanol–water partition coefficient (Wildman–Crippen LogP) is 3.07. The number of halogens is 2. The molecule has 1 N–H and O–H groups in total. The first kappa shape index (κ1) is 14.9. The maximum Gasteiger partial charge on any atom is 0.321 e. The first-order chi connectivity index (χ1) is 10.1. The van der Waals surface area contributed by atoms with E-state index in [1.165, 1.54) is 11.0 Å². The fourth-order valence-electron chi connectivity index (χ4n) is 1.75. The number of nitrogens with one attached hydrogen (secondary N) is 1. The van der Waals surface area contributed by atoms with Crippen LogP contribution in [0.5, 0.6) is 0 Å². The monoisotopic (exact) mass is 291 g/mol. The van der Waals surface area contributed by atoms with Crippen molar-refractivity contribution in [2.24, 2.45) is 0 Å². The van der Waals surface area contributed by atoms with Gasteiger partial charge in [-0.15, -0.1) is 0 Å². The van der Waals surface area contributed by atoms with Gasteiger partial charge in [0.1, 0.15) is 11.6 Å². The number of hydrogen-bond acceptors (Lipinski definition) is 2. The van der Waals surface area contributed by atoms with Crippen molar-refractivity contribution in [2.45, 2.75) is 6.42 Å². The second-order valence-corrected chi connectivity index (χ2v) is 4.58. The third kappa shape index (κ3) is 4.24. The van der Waals surface area contributed by atoms with Crippen molar-refractivity contribution in [3.63, 3.8) is 0 Å². The van der Waals surface area contributed by atoms with E-state index in [1.54, 1.807) is 19.4 Å². The van der Waals surface area contributed by atoms with E-state index in [1.807, 2.05) is 12.1 Å². The first-order valence-electron chi connectivity index (χ1n) is 6.42. The second kappa shape index (κ2) is 6.78. The number of rotatable bonds is 4. The molecule has 0 saturated carbocycles. The lowest BCUT2D eigenvalue weighted by atomic mass is 10.2. The van der Waals surface area contributed by atoms with E-state index in [0.717, 1.165) is 17.7 Å². The molecule has 1 heterocycles. The van der Waals surface area contributed by atoms with Crippen LogP contribution in [0.3, 0.4) is 0 Å². The Morgan fingerprint density at radius 1 is 1.24 bits per heavy atom. The molecule has 0 atom stereocenters. The molecule has 0 aliphatic carbocycles. The fourth-order valence-corrected chi connectivity index (χ4v) is 1.75. The summed E-state index contributed by atoms with van der Waals surface area (Å²) in [5.41, 5.74) is 1.01. The van der Waals surface area contributed by atoms with E-state index in [9.17, 15) is 13.6 Å². The van der Waals surface area contributed by atoms with Gasteiger partial charge >= 0.3 is 6.03 Å². The molecular weight excluding hydrogens is 276 g/mol. The van der Waals surface area contributed by atoms with Gasteiger partial charge in [-0.2, -0.15) is 0 Å². The number of urea groups is 1. The minimum atomic E-state index is -0.800. The highest BCUT2D eigenvalue weighted by Crippen LogP contribution is 2.15. The highest BCUT2D eigenvalue weighted by Gasteiger charge is 2.11. The number of nitrogens with zero attached hydrogens (tertiary/aromatic N) is 2. The van der Waals surface area contributed by atoms with Crippen molar-refractivity contribution in [2.75, 3.05) is 18.9 Å². The van der Waals surface area contributed by atoms with Crippen LogP contribution >= 0.6 is 0 Å². The van der Waals surface area contributed by atoms with Gasteiger partial charge < -0.3 is 10.2 Å². The van der Waals surface area contributed by atoms with Crippen molar-refractivity contribution >= 4 is 11.7 Å². The van der Waals surface area contributed by atoms with Crippen LogP contribution in [0.4, 0.5) is 19.3 Å². The van der Waals surface area contributed by atoms with Crippen LogP contribution in [-0.2, 0) is 6.42 Å². The molecule has 0 saturated heterocycles. The summed E-state index contributed by atoms with van der Waals surface area (Å²) in [6, 6.07) is 6.30. The molecule has 21 heavy (non-hydrogen) atoms. The smallest absolute Gasteiger partial charge is 0.321 e. The summed E-state index contributed by atoms with van der Waals surface area (Å²) in [7, 11) is 1.61. The van der Waals surface area contributed by atoms with Crippen LogP contribution in [-0.4, -0.2) is 29.5 Å². The molecule has 2 rings (SSSR count). The predicted molar refractivity (Wildman–Crippen MR) is 75.9 cm³/mol. The van der Waals surface area contributed by atoms with E-state index < -0.39 is 17.7 Å². The van der Waals surface area contributed by atoms with E-state index in [2.05, 4.69) is 10.3 Å². The van der Waals surface area contributed by atoms with E-state index >= 15 is 0 Å². The summed E-state index contributed by atoms with van der Waals surface area (Å²) in [6.07, 6.45) is 4.03. The summed E-state index contributed by atoms with van der Waals surface area (Å²) in [5.74, 6) is -1.48. The summed E-state index contributed by atoms with van der Waals surface area (Å²) in [4.78, 5) is 17.3. The number of aromatic nitrogens is 1. The zero-order valence-electron chi connectivity index (χ0n) is 11.5. The van der Waals surface area contributed by atoms with Gasteiger partial charge in [-0.3, -0.25) is 4.98 Å². The average Bonchev–Trinajstić information content (AvgIpc) is 2.48. The van der Waals surface area contributed by atoms with Crippen LogP contribution in [0.15, 0.2) is 42.7 Å². The number of benzene rings is 1.